The molecule has 5 atom stereocenters. The van der Waals surface area contributed by atoms with Gasteiger partial charge >= 0.3 is 0 Å². The van der Waals surface area contributed by atoms with E-state index in [1.54, 1.807) is 5.19 Å². The summed E-state index contributed by atoms with van der Waals surface area (Å²) >= 11 is 0. The van der Waals surface area contributed by atoms with Gasteiger partial charge in [-0.2, -0.15) is 0 Å². The van der Waals surface area contributed by atoms with E-state index in [2.05, 4.69) is 91.6 Å². The first-order valence-corrected chi connectivity index (χ1v) is 14.1. The van der Waals surface area contributed by atoms with Gasteiger partial charge in [0.15, 0.2) is 0 Å². The van der Waals surface area contributed by atoms with Crippen LogP contribution in [0.25, 0.3) is 0 Å². The van der Waals surface area contributed by atoms with Gasteiger partial charge in [0.25, 0.3) is 0 Å². The highest BCUT2D eigenvalue weighted by molar-refractivity contribution is 6.94. The third-order valence-corrected chi connectivity index (χ3v) is 15.0. The molecule has 2 fully saturated rings. The summed E-state index contributed by atoms with van der Waals surface area (Å²) in [4.78, 5) is 0. The van der Waals surface area contributed by atoms with Crippen molar-refractivity contribution in [3.63, 3.8) is 0 Å². The van der Waals surface area contributed by atoms with Gasteiger partial charge in [-0.25, -0.2) is 0 Å². The van der Waals surface area contributed by atoms with Crippen LogP contribution in [0.2, 0.25) is 17.1 Å². The van der Waals surface area contributed by atoms with Crippen molar-refractivity contribution in [2.24, 2.45) is 23.7 Å². The minimum absolute atomic E-state index is 0.678. The summed E-state index contributed by atoms with van der Waals surface area (Å²) in [5, 5.41) is 1.73. The van der Waals surface area contributed by atoms with Gasteiger partial charge in [0.2, 0.25) is 0 Å². The SMILES string of the molecule is C=CCC[Si](c1ccccc1)(C1CCCC1)C1C2C=CC=CC2C2C=CC=CC21. The first-order valence-electron chi connectivity index (χ1n) is 11.7. The minimum atomic E-state index is -1.78. The highest BCUT2D eigenvalue weighted by Gasteiger charge is 2.59. The zero-order valence-electron chi connectivity index (χ0n) is 17.5. The van der Waals surface area contributed by atoms with Crippen molar-refractivity contribution in [3.05, 3.63) is 91.6 Å². The Hall–Kier alpha value is -1.86. The molecular weight excluding hydrogens is 364 g/mol. The first-order chi connectivity index (χ1) is 14.4. The van der Waals surface area contributed by atoms with Crippen LogP contribution in [-0.4, -0.2) is 8.07 Å². The Morgan fingerprint density at radius 1 is 0.793 bits per heavy atom. The summed E-state index contributed by atoms with van der Waals surface area (Å²) in [5.41, 5.74) is 1.72. The average Bonchev–Trinajstić information content (AvgIpc) is 3.43. The second kappa shape index (κ2) is 8.11. The molecule has 0 radical (unpaired) electrons. The number of hydrogen-bond donors (Lipinski definition) is 0. The Bertz CT molecular complexity index is 804. The van der Waals surface area contributed by atoms with Crippen molar-refractivity contribution in [1.29, 1.82) is 0 Å². The summed E-state index contributed by atoms with van der Waals surface area (Å²) in [6, 6.07) is 13.2. The van der Waals surface area contributed by atoms with Gasteiger partial charge in [0.05, 0.1) is 8.07 Å². The predicted octanol–water partition coefficient (Wildman–Crippen LogP) is 6.96. The molecule has 0 bridgehead atoms. The lowest BCUT2D eigenvalue weighted by Crippen LogP contribution is -2.57. The maximum absolute atomic E-state index is 4.15. The Kier molecular flexibility index (Phi) is 5.34. The van der Waals surface area contributed by atoms with Crippen molar-refractivity contribution in [2.45, 2.75) is 49.2 Å². The molecule has 29 heavy (non-hydrogen) atoms. The molecule has 0 aromatic heterocycles. The smallest absolute Gasteiger partial charge is 0.0943 e. The van der Waals surface area contributed by atoms with Gasteiger partial charge in [-0.1, -0.05) is 116 Å². The Morgan fingerprint density at radius 2 is 1.34 bits per heavy atom. The first kappa shape index (κ1) is 19.1. The van der Waals surface area contributed by atoms with Crippen LogP contribution in [0.15, 0.2) is 91.6 Å². The molecule has 0 saturated heterocycles. The van der Waals surface area contributed by atoms with Gasteiger partial charge in [-0.15, -0.1) is 6.58 Å². The van der Waals surface area contributed by atoms with Gasteiger partial charge in [0, 0.05) is 0 Å². The van der Waals surface area contributed by atoms with Crippen LogP contribution >= 0.6 is 0 Å². The van der Waals surface area contributed by atoms with Crippen molar-refractivity contribution in [2.75, 3.05) is 0 Å². The van der Waals surface area contributed by atoms with E-state index in [1.807, 2.05) is 0 Å². The van der Waals surface area contributed by atoms with E-state index in [4.69, 9.17) is 0 Å². The van der Waals surface area contributed by atoms with Crippen molar-refractivity contribution in [1.82, 2.24) is 0 Å². The van der Waals surface area contributed by atoms with E-state index in [9.17, 15) is 0 Å². The van der Waals surface area contributed by atoms with Gasteiger partial charge in [-0.3, -0.25) is 0 Å². The van der Waals surface area contributed by atoms with E-state index in [-0.39, 0.29) is 0 Å². The number of fused-ring (bicyclic) bond motifs is 3. The second-order valence-electron chi connectivity index (χ2n) is 9.59. The molecule has 0 spiro atoms. The van der Waals surface area contributed by atoms with E-state index in [0.717, 1.165) is 11.1 Å². The van der Waals surface area contributed by atoms with Crippen LogP contribution in [0, 0.1) is 23.7 Å². The zero-order valence-corrected chi connectivity index (χ0v) is 18.5. The fourth-order valence-electron chi connectivity index (χ4n) is 7.46. The third kappa shape index (κ3) is 3.10. The highest BCUT2D eigenvalue weighted by atomic mass is 28.3. The monoisotopic (exact) mass is 398 g/mol. The standard InChI is InChI=1S/C28H34Si/c1-2-3-21-29(23-15-7-8-16-23,22-13-5-4-6-14-22)28-26-19-11-9-17-24(26)25-18-10-12-20-27(25)28/h2,4-6,9-14,17-20,23-28H,1,3,7-8,15-16,21H2. The average molecular weight is 399 g/mol. The molecule has 0 amide bonds. The van der Waals surface area contributed by atoms with Crippen molar-refractivity contribution in [3.8, 4) is 0 Å². The fraction of sp³-hybridized carbons (Fsp3) is 0.429. The summed E-state index contributed by atoms with van der Waals surface area (Å²) in [5.74, 6) is 2.74. The maximum Gasteiger partial charge on any atom is 0.0943 e. The largest absolute Gasteiger partial charge is 0.103 e. The van der Waals surface area contributed by atoms with Crippen LogP contribution in [0.4, 0.5) is 0 Å². The molecule has 4 aliphatic carbocycles. The molecule has 5 unspecified atom stereocenters. The fourth-order valence-corrected chi connectivity index (χ4v) is 14.9. The minimum Gasteiger partial charge on any atom is -0.103 e. The zero-order chi connectivity index (χ0) is 19.7. The topological polar surface area (TPSA) is 0 Å². The molecule has 0 aliphatic heterocycles. The molecular formula is C28H34Si. The molecule has 1 aromatic carbocycles. The molecule has 1 aromatic rings. The maximum atomic E-state index is 4.15. The lowest BCUT2D eigenvalue weighted by molar-refractivity contribution is 0.461. The van der Waals surface area contributed by atoms with Crippen LogP contribution in [0.5, 0.6) is 0 Å². The summed E-state index contributed by atoms with van der Waals surface area (Å²) in [6.45, 7) is 4.15. The summed E-state index contributed by atoms with van der Waals surface area (Å²) in [7, 11) is -1.78. The van der Waals surface area contributed by atoms with Gasteiger partial charge in [-0.05, 0) is 47.2 Å². The van der Waals surface area contributed by atoms with Gasteiger partial charge in [0.1, 0.15) is 0 Å². The normalized spacial score (nSPS) is 34.7. The lowest BCUT2D eigenvalue weighted by Gasteiger charge is -2.47. The van der Waals surface area contributed by atoms with E-state index < -0.39 is 8.07 Å². The molecule has 150 valence electrons. The molecule has 4 aliphatic rings. The molecule has 5 rings (SSSR count). The number of hydrogen-bond acceptors (Lipinski definition) is 0. The number of allylic oxidation sites excluding steroid dienone is 9. The van der Waals surface area contributed by atoms with E-state index in [0.29, 0.717) is 23.7 Å². The van der Waals surface area contributed by atoms with Gasteiger partial charge < -0.3 is 0 Å². The molecule has 0 heterocycles. The highest BCUT2D eigenvalue weighted by Crippen LogP contribution is 2.62. The van der Waals surface area contributed by atoms with Crippen molar-refractivity contribution >= 4 is 13.3 Å². The molecule has 1 heteroatoms. The third-order valence-electron chi connectivity index (χ3n) is 8.47. The van der Waals surface area contributed by atoms with Crippen LogP contribution in [0.1, 0.15) is 32.1 Å². The molecule has 0 nitrogen and oxygen atoms in total. The number of rotatable bonds is 6. The van der Waals surface area contributed by atoms with Crippen LogP contribution < -0.4 is 5.19 Å². The molecule has 0 N–H and O–H groups in total. The number of benzene rings is 1. The Balaban J connectivity index is 1.69. The molecule has 2 saturated carbocycles. The predicted molar refractivity (Wildman–Crippen MR) is 128 cm³/mol. The Labute approximate surface area is 177 Å². The van der Waals surface area contributed by atoms with Crippen LogP contribution in [0.3, 0.4) is 0 Å². The van der Waals surface area contributed by atoms with E-state index in [1.165, 1.54) is 38.1 Å². The van der Waals surface area contributed by atoms with Crippen molar-refractivity contribution < 1.29 is 0 Å². The Morgan fingerprint density at radius 3 is 1.90 bits per heavy atom. The summed E-state index contributed by atoms with van der Waals surface area (Å²) in [6.07, 6.45) is 28.6. The van der Waals surface area contributed by atoms with Crippen LogP contribution in [-0.2, 0) is 0 Å². The second-order valence-corrected chi connectivity index (χ2v) is 14.2. The lowest BCUT2D eigenvalue weighted by atomic mass is 9.83. The summed E-state index contributed by atoms with van der Waals surface area (Å²) < 4.78 is 0. The van der Waals surface area contributed by atoms with E-state index >= 15 is 0 Å². The quantitative estimate of drug-likeness (QED) is 0.359.